The maximum absolute atomic E-state index is 11.5. The fraction of sp³-hybridized carbons (Fsp3) is 0.444. The largest absolute Gasteiger partial charge is 0.474 e. The van der Waals surface area contributed by atoms with Crippen LogP contribution in [0.4, 0.5) is 0 Å². The van der Waals surface area contributed by atoms with E-state index in [1.807, 2.05) is 39.2 Å². The van der Waals surface area contributed by atoms with E-state index in [0.717, 1.165) is 22.2 Å². The number of amides is 1. The second-order valence-corrected chi connectivity index (χ2v) is 6.27. The van der Waals surface area contributed by atoms with Gasteiger partial charge in [0.2, 0.25) is 11.8 Å². The Morgan fingerprint density at radius 3 is 3.00 bits per heavy atom. The molecule has 0 bridgehead atoms. The van der Waals surface area contributed by atoms with Gasteiger partial charge in [0.1, 0.15) is 6.10 Å². The highest BCUT2D eigenvalue weighted by Crippen LogP contribution is 2.28. The van der Waals surface area contributed by atoms with Crippen molar-refractivity contribution in [3.63, 3.8) is 0 Å². The second-order valence-electron chi connectivity index (χ2n) is 6.27. The van der Waals surface area contributed by atoms with Crippen LogP contribution in [-0.4, -0.2) is 46.6 Å². The van der Waals surface area contributed by atoms with Crippen molar-refractivity contribution in [2.75, 3.05) is 13.6 Å². The van der Waals surface area contributed by atoms with Crippen LogP contribution in [0.5, 0.6) is 5.88 Å². The van der Waals surface area contributed by atoms with Gasteiger partial charge in [0.15, 0.2) is 0 Å². The van der Waals surface area contributed by atoms with Gasteiger partial charge in [0.05, 0.1) is 16.6 Å². The van der Waals surface area contributed by atoms with Crippen molar-refractivity contribution >= 4 is 28.6 Å². The van der Waals surface area contributed by atoms with E-state index in [1.54, 1.807) is 17.9 Å². The molecule has 0 aliphatic carbocycles. The lowest BCUT2D eigenvalue weighted by Crippen LogP contribution is -2.26. The molecule has 1 fully saturated rings. The molecule has 0 spiro atoms. The molecule has 2 unspecified atom stereocenters. The Hall–Kier alpha value is -2.70. The Bertz CT molecular complexity index is 853. The van der Waals surface area contributed by atoms with E-state index in [4.69, 9.17) is 9.72 Å². The van der Waals surface area contributed by atoms with Crippen molar-refractivity contribution in [3.8, 4) is 5.88 Å². The fourth-order valence-electron chi connectivity index (χ4n) is 3.01. The predicted molar refractivity (Wildman–Crippen MR) is 97.8 cm³/mol. The molecule has 25 heavy (non-hydrogen) atoms. The fourth-order valence-corrected chi connectivity index (χ4v) is 3.01. The van der Waals surface area contributed by atoms with E-state index in [1.165, 1.54) is 0 Å². The first-order valence-corrected chi connectivity index (χ1v) is 8.38. The van der Waals surface area contributed by atoms with E-state index in [9.17, 15) is 4.79 Å². The molecular formula is C18H23N5O2. The molecule has 2 aromatic heterocycles. The lowest BCUT2D eigenvalue weighted by Gasteiger charge is -2.19. The molecule has 7 heteroatoms. The smallest absolute Gasteiger partial charge is 0.225 e. The van der Waals surface area contributed by atoms with E-state index in [0.29, 0.717) is 18.8 Å². The van der Waals surface area contributed by atoms with Crippen molar-refractivity contribution in [2.45, 2.75) is 26.4 Å². The highest BCUT2D eigenvalue weighted by atomic mass is 16.5. The first kappa shape index (κ1) is 17.1. The van der Waals surface area contributed by atoms with Crippen LogP contribution < -0.4 is 10.1 Å². The Morgan fingerprint density at radius 1 is 1.56 bits per heavy atom. The van der Waals surface area contributed by atoms with Gasteiger partial charge in [-0.1, -0.05) is 6.08 Å². The van der Waals surface area contributed by atoms with Gasteiger partial charge in [-0.05, 0) is 19.9 Å². The first-order chi connectivity index (χ1) is 12.0. The van der Waals surface area contributed by atoms with Gasteiger partial charge in [0, 0.05) is 51.0 Å². The number of carbonyl (C=O) groups excluding carboxylic acids is 1. The number of nitrogens with one attached hydrogen (secondary N) is 1. The third-order valence-corrected chi connectivity index (χ3v) is 4.43. The number of ether oxygens (including phenoxy) is 1. The summed E-state index contributed by atoms with van der Waals surface area (Å²) in [5.74, 6) is 0.753. The molecule has 3 rings (SSSR count). The second kappa shape index (κ2) is 7.04. The molecular weight excluding hydrogens is 318 g/mol. The van der Waals surface area contributed by atoms with E-state index >= 15 is 0 Å². The summed E-state index contributed by atoms with van der Waals surface area (Å²) in [6.07, 6.45) is 5.98. The summed E-state index contributed by atoms with van der Waals surface area (Å²) in [4.78, 5) is 20.2. The molecule has 7 nitrogen and oxygen atoms in total. The van der Waals surface area contributed by atoms with Crippen molar-refractivity contribution in [1.82, 2.24) is 20.1 Å². The molecule has 0 radical (unpaired) electrons. The number of aryl methyl sites for hydroxylation is 1. The number of aromatic nitrogens is 3. The number of carbonyl (C=O) groups is 1. The summed E-state index contributed by atoms with van der Waals surface area (Å²) >= 11 is 0. The Labute approximate surface area is 146 Å². The quantitative estimate of drug-likeness (QED) is 0.843. The van der Waals surface area contributed by atoms with Crippen LogP contribution in [0, 0.1) is 5.92 Å². The number of aliphatic imine (C=N–C) groups is 1. The van der Waals surface area contributed by atoms with Gasteiger partial charge in [0.25, 0.3) is 0 Å². The Balaban J connectivity index is 1.98. The summed E-state index contributed by atoms with van der Waals surface area (Å²) in [7, 11) is 3.60. The van der Waals surface area contributed by atoms with E-state index in [-0.39, 0.29) is 17.9 Å². The number of hydrogen-bond donors (Lipinski definition) is 1. The van der Waals surface area contributed by atoms with Crippen molar-refractivity contribution in [3.05, 3.63) is 24.0 Å². The average Bonchev–Trinajstić information content (AvgIpc) is 3.17. The topological polar surface area (TPSA) is 81.4 Å². The normalized spacial score (nSPS) is 19.6. The number of nitrogens with zero attached hydrogens (tertiary/aromatic N) is 4. The minimum absolute atomic E-state index is 0.0732. The molecule has 132 valence electrons. The molecule has 2 atom stereocenters. The SMILES string of the molecule is C/C=C(\C=N/C)c1cc2nn(C)cc2c(OC(C)C2CNC(=O)C2)n1. The first-order valence-electron chi connectivity index (χ1n) is 8.38. The van der Waals surface area contributed by atoms with Gasteiger partial charge < -0.3 is 10.1 Å². The standard InChI is InChI=1S/C18H23N5O2/c1-5-12(8-19-3)15-7-16-14(10-23(4)22-16)18(21-15)25-11(2)13-6-17(24)20-9-13/h5,7-8,10-11,13H,6,9H2,1-4H3,(H,20,24)/b12-5+,19-8-. The van der Waals surface area contributed by atoms with Crippen LogP contribution in [0.2, 0.25) is 0 Å². The molecule has 0 aromatic carbocycles. The van der Waals surface area contributed by atoms with Gasteiger partial charge in [-0.15, -0.1) is 0 Å². The molecule has 1 aliphatic heterocycles. The highest BCUT2D eigenvalue weighted by Gasteiger charge is 2.28. The van der Waals surface area contributed by atoms with E-state index in [2.05, 4.69) is 15.4 Å². The molecule has 0 saturated carbocycles. The molecule has 1 aliphatic rings. The summed E-state index contributed by atoms with van der Waals surface area (Å²) in [5, 5.41) is 8.20. The number of fused-ring (bicyclic) bond motifs is 1. The van der Waals surface area contributed by atoms with Crippen molar-refractivity contribution < 1.29 is 9.53 Å². The molecule has 1 saturated heterocycles. The molecule has 2 aromatic rings. The van der Waals surface area contributed by atoms with Gasteiger partial charge in [-0.3, -0.25) is 14.5 Å². The number of rotatable bonds is 5. The van der Waals surface area contributed by atoms with Crippen LogP contribution in [0.1, 0.15) is 26.0 Å². The van der Waals surface area contributed by atoms with Gasteiger partial charge >= 0.3 is 0 Å². The third kappa shape index (κ3) is 3.55. The Kier molecular flexibility index (Phi) is 4.83. The minimum Gasteiger partial charge on any atom is -0.474 e. The van der Waals surface area contributed by atoms with Crippen LogP contribution >= 0.6 is 0 Å². The highest BCUT2D eigenvalue weighted by molar-refractivity contribution is 6.09. The summed E-state index contributed by atoms with van der Waals surface area (Å²) < 4.78 is 7.91. The number of allylic oxidation sites excluding steroid dienone is 2. The predicted octanol–water partition coefficient (Wildman–Crippen LogP) is 1.98. The van der Waals surface area contributed by atoms with E-state index < -0.39 is 0 Å². The minimum atomic E-state index is -0.126. The van der Waals surface area contributed by atoms with Crippen molar-refractivity contribution in [1.29, 1.82) is 0 Å². The van der Waals surface area contributed by atoms with Crippen molar-refractivity contribution in [2.24, 2.45) is 18.0 Å². The van der Waals surface area contributed by atoms with Crippen LogP contribution in [0.3, 0.4) is 0 Å². The molecule has 3 heterocycles. The average molecular weight is 341 g/mol. The van der Waals surface area contributed by atoms with Crippen LogP contribution in [0.15, 0.2) is 23.3 Å². The lowest BCUT2D eigenvalue weighted by molar-refractivity contribution is -0.119. The number of hydrogen-bond acceptors (Lipinski definition) is 5. The van der Waals surface area contributed by atoms with Crippen LogP contribution in [-0.2, 0) is 11.8 Å². The molecule has 1 N–H and O–H groups in total. The third-order valence-electron chi connectivity index (χ3n) is 4.43. The van der Waals surface area contributed by atoms with Crippen LogP contribution in [0.25, 0.3) is 16.5 Å². The van der Waals surface area contributed by atoms with Gasteiger partial charge in [-0.2, -0.15) is 5.10 Å². The van der Waals surface area contributed by atoms with Gasteiger partial charge in [-0.25, -0.2) is 4.98 Å². The zero-order valence-corrected chi connectivity index (χ0v) is 15.0. The lowest BCUT2D eigenvalue weighted by atomic mass is 10.0. The maximum Gasteiger partial charge on any atom is 0.225 e. The Morgan fingerprint density at radius 2 is 2.36 bits per heavy atom. The zero-order valence-electron chi connectivity index (χ0n) is 15.0. The summed E-state index contributed by atoms with van der Waals surface area (Å²) in [6.45, 7) is 4.56. The number of pyridine rings is 1. The molecule has 1 amide bonds. The maximum atomic E-state index is 11.5. The monoisotopic (exact) mass is 341 g/mol. The summed E-state index contributed by atoms with van der Waals surface area (Å²) in [5.41, 5.74) is 2.49. The zero-order chi connectivity index (χ0) is 18.0. The summed E-state index contributed by atoms with van der Waals surface area (Å²) in [6, 6.07) is 1.94.